The van der Waals surface area contributed by atoms with Crippen molar-refractivity contribution < 1.29 is 22.3 Å². The first kappa shape index (κ1) is 20.3. The minimum absolute atomic E-state index is 0.217. The summed E-state index contributed by atoms with van der Waals surface area (Å²) in [6, 6.07) is 9.90. The fraction of sp³-hybridized carbons (Fsp3) is 0.273. The average molecular weight is 417 g/mol. The molecule has 30 heavy (non-hydrogen) atoms. The van der Waals surface area contributed by atoms with Gasteiger partial charge >= 0.3 is 6.18 Å². The lowest BCUT2D eigenvalue weighted by Crippen LogP contribution is -2.31. The molecule has 8 heteroatoms. The molecule has 0 aliphatic carbocycles. The summed E-state index contributed by atoms with van der Waals surface area (Å²) in [6.45, 7) is 1.69. The topological polar surface area (TPSA) is 38.2 Å². The van der Waals surface area contributed by atoms with Crippen molar-refractivity contribution in [1.82, 2.24) is 14.9 Å². The summed E-state index contributed by atoms with van der Waals surface area (Å²) in [7, 11) is 1.44. The first-order valence-electron chi connectivity index (χ1n) is 9.41. The maximum atomic E-state index is 14.4. The van der Waals surface area contributed by atoms with Crippen LogP contribution in [0.2, 0.25) is 0 Å². The SMILES string of the molecule is COc1cccc(CN2CCc3nc(-c4ccc(C(F)(F)F)cc4)ncc3C2)c1F. The second-order valence-electron chi connectivity index (χ2n) is 7.13. The van der Waals surface area contributed by atoms with E-state index in [0.29, 0.717) is 43.0 Å². The Labute approximate surface area is 171 Å². The standard InChI is InChI=1S/C22H19F4N3O/c1-30-19-4-2-3-15(20(19)23)12-29-10-9-18-16(13-29)11-27-21(28-18)14-5-7-17(8-6-14)22(24,25)26/h2-8,11H,9-10,12-13H2,1H3. The Hall–Kier alpha value is -3.00. The van der Waals surface area contributed by atoms with Gasteiger partial charge in [-0.2, -0.15) is 13.2 Å². The van der Waals surface area contributed by atoms with Crippen LogP contribution in [-0.4, -0.2) is 28.5 Å². The van der Waals surface area contributed by atoms with Crippen LogP contribution in [0.5, 0.6) is 5.75 Å². The van der Waals surface area contributed by atoms with Crippen molar-refractivity contribution in [2.45, 2.75) is 25.7 Å². The van der Waals surface area contributed by atoms with Crippen molar-refractivity contribution in [3.63, 3.8) is 0 Å². The van der Waals surface area contributed by atoms with E-state index < -0.39 is 11.7 Å². The van der Waals surface area contributed by atoms with Gasteiger partial charge in [0, 0.05) is 48.9 Å². The molecule has 4 nitrogen and oxygen atoms in total. The summed E-state index contributed by atoms with van der Waals surface area (Å²) in [4.78, 5) is 11.0. The van der Waals surface area contributed by atoms with Crippen LogP contribution < -0.4 is 4.74 Å². The second-order valence-corrected chi connectivity index (χ2v) is 7.13. The zero-order valence-corrected chi connectivity index (χ0v) is 16.2. The molecule has 0 spiro atoms. The maximum absolute atomic E-state index is 14.4. The number of halogens is 4. The van der Waals surface area contributed by atoms with Crippen molar-refractivity contribution in [1.29, 1.82) is 0 Å². The molecule has 0 fully saturated rings. The minimum atomic E-state index is -4.37. The first-order valence-corrected chi connectivity index (χ1v) is 9.41. The van der Waals surface area contributed by atoms with Gasteiger partial charge in [0.2, 0.25) is 0 Å². The lowest BCUT2D eigenvalue weighted by atomic mass is 10.0. The number of ether oxygens (including phenoxy) is 1. The molecule has 0 atom stereocenters. The highest BCUT2D eigenvalue weighted by molar-refractivity contribution is 5.56. The third-order valence-corrected chi connectivity index (χ3v) is 5.14. The summed E-state index contributed by atoms with van der Waals surface area (Å²) in [5.74, 6) is 0.254. The fourth-order valence-electron chi connectivity index (χ4n) is 3.53. The molecule has 0 radical (unpaired) electrons. The predicted octanol–water partition coefficient (Wildman–Crippen LogP) is 4.87. The third-order valence-electron chi connectivity index (χ3n) is 5.14. The summed E-state index contributed by atoms with van der Waals surface area (Å²) in [5.41, 5.74) is 2.18. The van der Waals surface area contributed by atoms with Crippen LogP contribution in [0, 0.1) is 5.82 Å². The molecule has 156 valence electrons. The Bertz CT molecular complexity index is 1050. The maximum Gasteiger partial charge on any atom is 0.416 e. The van der Waals surface area contributed by atoms with Gasteiger partial charge in [-0.05, 0) is 18.2 Å². The smallest absolute Gasteiger partial charge is 0.416 e. The van der Waals surface area contributed by atoms with Gasteiger partial charge < -0.3 is 4.74 Å². The predicted molar refractivity (Wildman–Crippen MR) is 103 cm³/mol. The normalized spacial score (nSPS) is 14.4. The van der Waals surface area contributed by atoms with E-state index in [1.54, 1.807) is 24.4 Å². The van der Waals surface area contributed by atoms with Crippen LogP contribution in [0.15, 0.2) is 48.7 Å². The molecule has 1 aliphatic heterocycles. The second kappa shape index (κ2) is 8.02. The summed E-state index contributed by atoms with van der Waals surface area (Å²) < 4.78 is 57.7. The molecule has 0 bridgehead atoms. The average Bonchev–Trinajstić information content (AvgIpc) is 2.74. The molecule has 4 rings (SSSR count). The molecular weight excluding hydrogens is 398 g/mol. The largest absolute Gasteiger partial charge is 0.494 e. The zero-order chi connectivity index (χ0) is 21.3. The molecular formula is C22H19F4N3O. The summed E-state index contributed by atoms with van der Waals surface area (Å²) >= 11 is 0. The molecule has 1 aliphatic rings. The Morgan fingerprint density at radius 1 is 1.10 bits per heavy atom. The van der Waals surface area contributed by atoms with E-state index in [2.05, 4.69) is 14.9 Å². The number of methoxy groups -OCH3 is 1. The van der Waals surface area contributed by atoms with Gasteiger partial charge in [0.05, 0.1) is 18.4 Å². The monoisotopic (exact) mass is 417 g/mol. The zero-order valence-electron chi connectivity index (χ0n) is 16.2. The van der Waals surface area contributed by atoms with Crippen molar-refractivity contribution in [3.05, 3.63) is 76.9 Å². The van der Waals surface area contributed by atoms with Crippen molar-refractivity contribution >= 4 is 0 Å². The Morgan fingerprint density at radius 3 is 2.57 bits per heavy atom. The Kier molecular flexibility index (Phi) is 5.42. The molecule has 2 heterocycles. The van der Waals surface area contributed by atoms with Gasteiger partial charge in [0.15, 0.2) is 17.4 Å². The van der Waals surface area contributed by atoms with E-state index in [9.17, 15) is 17.6 Å². The first-order chi connectivity index (χ1) is 14.3. The van der Waals surface area contributed by atoms with E-state index in [1.807, 2.05) is 0 Å². The third kappa shape index (κ3) is 4.14. The van der Waals surface area contributed by atoms with Gasteiger partial charge in [-0.3, -0.25) is 4.90 Å². The van der Waals surface area contributed by atoms with Crippen LogP contribution in [0.4, 0.5) is 17.6 Å². The van der Waals surface area contributed by atoms with Gasteiger partial charge in [-0.25, -0.2) is 14.4 Å². The fourth-order valence-corrected chi connectivity index (χ4v) is 3.53. The van der Waals surface area contributed by atoms with E-state index in [0.717, 1.165) is 23.4 Å². The number of alkyl halides is 3. The highest BCUT2D eigenvalue weighted by atomic mass is 19.4. The summed E-state index contributed by atoms with van der Waals surface area (Å²) in [5, 5.41) is 0. The number of benzene rings is 2. The van der Waals surface area contributed by atoms with Crippen molar-refractivity contribution in [2.24, 2.45) is 0 Å². The molecule has 0 saturated heterocycles. The molecule has 0 N–H and O–H groups in total. The lowest BCUT2D eigenvalue weighted by Gasteiger charge is -2.28. The van der Waals surface area contributed by atoms with Gasteiger partial charge in [0.25, 0.3) is 0 Å². The molecule has 2 aromatic carbocycles. The van der Waals surface area contributed by atoms with Gasteiger partial charge in [-0.1, -0.05) is 24.3 Å². The van der Waals surface area contributed by atoms with Crippen molar-refractivity contribution in [2.75, 3.05) is 13.7 Å². The number of nitrogens with zero attached hydrogens (tertiary/aromatic N) is 3. The Balaban J connectivity index is 1.50. The number of rotatable bonds is 4. The van der Waals surface area contributed by atoms with E-state index in [1.165, 1.54) is 19.2 Å². The molecule has 1 aromatic heterocycles. The highest BCUT2D eigenvalue weighted by Crippen LogP contribution is 2.31. The number of fused-ring (bicyclic) bond motifs is 1. The van der Waals surface area contributed by atoms with Crippen LogP contribution in [-0.2, 0) is 25.7 Å². The van der Waals surface area contributed by atoms with Crippen LogP contribution in [0.1, 0.15) is 22.4 Å². The summed E-state index contributed by atoms with van der Waals surface area (Å²) in [6.07, 6.45) is -2.03. The molecule has 3 aromatic rings. The number of hydrogen-bond donors (Lipinski definition) is 0. The van der Waals surface area contributed by atoms with Gasteiger partial charge in [-0.15, -0.1) is 0 Å². The lowest BCUT2D eigenvalue weighted by molar-refractivity contribution is -0.137. The molecule has 0 saturated carbocycles. The van der Waals surface area contributed by atoms with Gasteiger partial charge in [0.1, 0.15) is 0 Å². The number of hydrogen-bond acceptors (Lipinski definition) is 4. The quantitative estimate of drug-likeness (QED) is 0.568. The van der Waals surface area contributed by atoms with E-state index in [4.69, 9.17) is 4.74 Å². The van der Waals surface area contributed by atoms with Crippen LogP contribution in [0.25, 0.3) is 11.4 Å². The Morgan fingerprint density at radius 2 is 1.87 bits per heavy atom. The molecule has 0 unspecified atom stereocenters. The van der Waals surface area contributed by atoms with E-state index in [-0.39, 0.29) is 11.6 Å². The highest BCUT2D eigenvalue weighted by Gasteiger charge is 2.30. The van der Waals surface area contributed by atoms with E-state index >= 15 is 0 Å². The van der Waals surface area contributed by atoms with Crippen LogP contribution >= 0.6 is 0 Å². The molecule has 0 amide bonds. The van der Waals surface area contributed by atoms with Crippen molar-refractivity contribution in [3.8, 4) is 17.1 Å². The minimum Gasteiger partial charge on any atom is -0.494 e. The van der Waals surface area contributed by atoms with Crippen LogP contribution in [0.3, 0.4) is 0 Å². The number of aromatic nitrogens is 2.